The monoisotopic (exact) mass is 435 g/mol. The van der Waals surface area contributed by atoms with Crippen molar-refractivity contribution >= 4 is 35.2 Å². The van der Waals surface area contributed by atoms with E-state index < -0.39 is 5.60 Å². The zero-order valence-corrected chi connectivity index (χ0v) is 18.8. The number of ether oxygens (including phenoxy) is 1. The zero-order valence-electron chi connectivity index (χ0n) is 18.0. The lowest BCUT2D eigenvalue weighted by atomic mass is 9.84. The number of hydrogen-bond donors (Lipinski definition) is 0. The fourth-order valence-electron chi connectivity index (χ4n) is 4.30. The topological polar surface area (TPSA) is 29.5 Å². The van der Waals surface area contributed by atoms with Gasteiger partial charge in [0.1, 0.15) is 5.60 Å². The summed E-state index contributed by atoms with van der Waals surface area (Å²) in [5.74, 6) is -0.122. The first-order valence-electron chi connectivity index (χ1n) is 10.8. The molecule has 0 saturated carbocycles. The van der Waals surface area contributed by atoms with E-state index in [-0.39, 0.29) is 18.4 Å². The molecule has 0 N–H and O–H groups in total. The zero-order chi connectivity index (χ0) is 20.8. The van der Waals surface area contributed by atoms with Gasteiger partial charge in [-0.2, -0.15) is 0 Å². The number of carbonyl (C=O) groups is 1. The molecule has 0 bridgehead atoms. The van der Waals surface area contributed by atoms with Crippen molar-refractivity contribution in [3.8, 4) is 0 Å². The van der Waals surface area contributed by atoms with Crippen molar-refractivity contribution in [1.29, 1.82) is 0 Å². The first-order valence-corrected chi connectivity index (χ1v) is 10.8. The summed E-state index contributed by atoms with van der Waals surface area (Å²) in [4.78, 5) is 14.6. The van der Waals surface area contributed by atoms with Gasteiger partial charge < -0.3 is 4.74 Å². The van der Waals surface area contributed by atoms with Crippen LogP contribution in [0.5, 0.6) is 0 Å². The number of halogens is 1. The second-order valence-electron chi connectivity index (χ2n) is 7.96. The third-order valence-electron chi connectivity index (χ3n) is 6.05. The fourth-order valence-corrected chi connectivity index (χ4v) is 4.30. The Morgan fingerprint density at radius 2 is 1.65 bits per heavy atom. The van der Waals surface area contributed by atoms with E-state index in [0.29, 0.717) is 6.42 Å². The van der Waals surface area contributed by atoms with Gasteiger partial charge in [-0.1, -0.05) is 91.9 Å². The van der Waals surface area contributed by atoms with E-state index in [4.69, 9.17) is 4.74 Å². The van der Waals surface area contributed by atoms with Gasteiger partial charge in [0, 0.05) is 38.9 Å². The highest BCUT2D eigenvalue weighted by molar-refractivity contribution is 5.90. The number of likely N-dealkylation sites (tertiary alicyclic amines) is 1. The minimum Gasteiger partial charge on any atom is -0.454 e. The smallest absolute Gasteiger partial charge is 0.306 e. The van der Waals surface area contributed by atoms with E-state index in [2.05, 4.69) is 71.6 Å². The fraction of sp³-hybridized carbons (Fsp3) is 0.296. The van der Waals surface area contributed by atoms with Gasteiger partial charge in [-0.05, 0) is 21.9 Å². The summed E-state index contributed by atoms with van der Waals surface area (Å²) >= 11 is 0. The average molecular weight is 436 g/mol. The summed E-state index contributed by atoms with van der Waals surface area (Å²) in [5.41, 5.74) is 1.86. The summed E-state index contributed by atoms with van der Waals surface area (Å²) in [6, 6.07) is 25.1. The van der Waals surface area contributed by atoms with E-state index in [1.54, 1.807) is 0 Å². The first kappa shape index (κ1) is 23.1. The third-order valence-corrected chi connectivity index (χ3v) is 6.05. The van der Waals surface area contributed by atoms with Gasteiger partial charge >= 0.3 is 5.97 Å². The van der Waals surface area contributed by atoms with Gasteiger partial charge in [0.2, 0.25) is 0 Å². The Hall–Kier alpha value is -2.62. The van der Waals surface area contributed by atoms with Crippen LogP contribution >= 0.6 is 12.4 Å². The first-order chi connectivity index (χ1) is 14.7. The summed E-state index contributed by atoms with van der Waals surface area (Å²) in [6.45, 7) is 4.57. The average Bonchev–Trinajstić information content (AvgIpc) is 2.81. The van der Waals surface area contributed by atoms with Gasteiger partial charge in [-0.15, -0.1) is 12.4 Å². The molecular formula is C27H30ClNO2. The maximum atomic E-state index is 12.1. The van der Waals surface area contributed by atoms with Crippen LogP contribution in [0.15, 0.2) is 78.9 Å². The molecule has 1 heterocycles. The van der Waals surface area contributed by atoms with Crippen LogP contribution in [-0.4, -0.2) is 30.5 Å². The van der Waals surface area contributed by atoms with Gasteiger partial charge in [-0.3, -0.25) is 9.69 Å². The lowest BCUT2D eigenvalue weighted by Gasteiger charge is -2.41. The molecule has 0 atom stereocenters. The number of fused-ring (bicyclic) bond motifs is 1. The quantitative estimate of drug-likeness (QED) is 0.430. The SMILES string of the molecule is CCC(=O)OC1(c2ccccc2)CCN(C/C=C/c2cccc3ccccc23)CC1.Cl. The van der Waals surface area contributed by atoms with Crippen LogP contribution in [0, 0.1) is 0 Å². The van der Waals surface area contributed by atoms with Crippen LogP contribution in [0.1, 0.15) is 37.3 Å². The summed E-state index contributed by atoms with van der Waals surface area (Å²) in [5, 5.41) is 2.55. The van der Waals surface area contributed by atoms with Crippen molar-refractivity contribution in [2.75, 3.05) is 19.6 Å². The number of esters is 1. The van der Waals surface area contributed by atoms with Crippen LogP contribution in [0.25, 0.3) is 16.8 Å². The van der Waals surface area contributed by atoms with Crippen LogP contribution in [0.3, 0.4) is 0 Å². The normalized spacial score (nSPS) is 16.2. The molecule has 1 fully saturated rings. The summed E-state index contributed by atoms with van der Waals surface area (Å²) in [6.07, 6.45) is 6.52. The Balaban J connectivity index is 0.00000272. The number of nitrogens with zero attached hydrogens (tertiary/aromatic N) is 1. The van der Waals surface area contributed by atoms with Crippen LogP contribution in [0.4, 0.5) is 0 Å². The van der Waals surface area contributed by atoms with Crippen molar-refractivity contribution in [2.45, 2.75) is 31.8 Å². The van der Waals surface area contributed by atoms with Crippen molar-refractivity contribution in [3.05, 3.63) is 90.0 Å². The van der Waals surface area contributed by atoms with Gasteiger partial charge in [0.05, 0.1) is 0 Å². The van der Waals surface area contributed by atoms with Crippen molar-refractivity contribution in [2.24, 2.45) is 0 Å². The molecule has 0 unspecified atom stereocenters. The summed E-state index contributed by atoms with van der Waals surface area (Å²) < 4.78 is 6.00. The minimum atomic E-state index is -0.496. The van der Waals surface area contributed by atoms with E-state index >= 15 is 0 Å². The molecule has 3 nitrogen and oxygen atoms in total. The maximum Gasteiger partial charge on any atom is 0.306 e. The Morgan fingerprint density at radius 1 is 0.968 bits per heavy atom. The lowest BCUT2D eigenvalue weighted by molar-refractivity contribution is -0.166. The molecule has 3 aromatic carbocycles. The predicted molar refractivity (Wildman–Crippen MR) is 130 cm³/mol. The molecule has 0 aromatic heterocycles. The Labute approximate surface area is 191 Å². The van der Waals surface area contributed by atoms with Gasteiger partial charge in [-0.25, -0.2) is 0 Å². The van der Waals surface area contributed by atoms with Crippen LogP contribution < -0.4 is 0 Å². The van der Waals surface area contributed by atoms with Crippen LogP contribution in [-0.2, 0) is 15.1 Å². The molecule has 162 valence electrons. The third kappa shape index (κ3) is 5.36. The van der Waals surface area contributed by atoms with Gasteiger partial charge in [0.15, 0.2) is 0 Å². The molecule has 1 aliphatic rings. The molecule has 3 aromatic rings. The van der Waals surface area contributed by atoms with Crippen LogP contribution in [0.2, 0.25) is 0 Å². The maximum absolute atomic E-state index is 12.1. The molecule has 4 heteroatoms. The number of benzene rings is 3. The second kappa shape index (κ2) is 10.6. The molecule has 1 aliphatic heterocycles. The highest BCUT2D eigenvalue weighted by atomic mass is 35.5. The summed E-state index contributed by atoms with van der Waals surface area (Å²) in [7, 11) is 0. The highest BCUT2D eigenvalue weighted by Gasteiger charge is 2.39. The molecule has 0 spiro atoms. The standard InChI is InChI=1S/C27H29NO2.ClH/c1-2-26(29)30-27(24-14-4-3-5-15-24)17-20-28(21-18-27)19-9-13-23-12-8-11-22-10-6-7-16-25(22)23;/h3-16H,2,17-21H2,1H3;1H/b13-9+;. The van der Waals surface area contributed by atoms with Crippen molar-refractivity contribution < 1.29 is 9.53 Å². The second-order valence-corrected chi connectivity index (χ2v) is 7.96. The number of piperidine rings is 1. The highest BCUT2D eigenvalue weighted by Crippen LogP contribution is 2.37. The molecule has 0 aliphatic carbocycles. The molecule has 0 amide bonds. The molecule has 1 saturated heterocycles. The van der Waals surface area contributed by atoms with Gasteiger partial charge in [0.25, 0.3) is 0 Å². The Kier molecular flexibility index (Phi) is 7.89. The van der Waals surface area contributed by atoms with E-state index in [1.807, 2.05) is 25.1 Å². The minimum absolute atomic E-state index is 0. The number of rotatable bonds is 6. The number of carbonyl (C=O) groups excluding carboxylic acids is 1. The van der Waals surface area contributed by atoms with E-state index in [1.165, 1.54) is 16.3 Å². The molecule has 0 radical (unpaired) electrons. The lowest BCUT2D eigenvalue weighted by Crippen LogP contribution is -2.45. The largest absolute Gasteiger partial charge is 0.454 e. The molecule has 4 rings (SSSR count). The van der Waals surface area contributed by atoms with E-state index in [9.17, 15) is 4.79 Å². The predicted octanol–water partition coefficient (Wildman–Crippen LogP) is 6.22. The molecule has 31 heavy (non-hydrogen) atoms. The molecular weight excluding hydrogens is 406 g/mol. The Morgan fingerprint density at radius 3 is 2.39 bits per heavy atom. The van der Waals surface area contributed by atoms with E-state index in [0.717, 1.165) is 38.0 Å². The van der Waals surface area contributed by atoms with Crippen molar-refractivity contribution in [1.82, 2.24) is 4.90 Å². The van der Waals surface area contributed by atoms with Crippen molar-refractivity contribution in [3.63, 3.8) is 0 Å². The Bertz CT molecular complexity index is 1020. The number of hydrogen-bond acceptors (Lipinski definition) is 3.